The van der Waals surface area contributed by atoms with Crippen LogP contribution in [0.2, 0.25) is 0 Å². The minimum absolute atomic E-state index is 0.173. The Morgan fingerprint density at radius 2 is 2.05 bits per heavy atom. The van der Waals surface area contributed by atoms with Crippen molar-refractivity contribution in [1.29, 1.82) is 0 Å². The Bertz CT molecular complexity index is 473. The third-order valence-electron chi connectivity index (χ3n) is 3.57. The van der Waals surface area contributed by atoms with Gasteiger partial charge in [-0.2, -0.15) is 0 Å². The number of rotatable bonds is 4. The van der Waals surface area contributed by atoms with Crippen LogP contribution in [0.15, 0.2) is 22.7 Å². The number of anilines is 1. The molecule has 20 heavy (non-hydrogen) atoms. The molecule has 0 aliphatic carbocycles. The predicted octanol–water partition coefficient (Wildman–Crippen LogP) is 3.27. The van der Waals surface area contributed by atoms with E-state index in [0.717, 1.165) is 41.8 Å². The molecule has 2 rings (SSSR count). The molecule has 1 aromatic carbocycles. The summed E-state index contributed by atoms with van der Waals surface area (Å²) >= 11 is 3.42. The number of hydrogen-bond acceptors (Lipinski definition) is 3. The van der Waals surface area contributed by atoms with Gasteiger partial charge in [0.15, 0.2) is 0 Å². The van der Waals surface area contributed by atoms with Gasteiger partial charge in [0.2, 0.25) is 5.91 Å². The summed E-state index contributed by atoms with van der Waals surface area (Å²) in [5.41, 5.74) is 0.892. The summed E-state index contributed by atoms with van der Waals surface area (Å²) in [7, 11) is 1.63. The average molecular weight is 341 g/mol. The first-order valence-corrected chi connectivity index (χ1v) is 7.80. The molecule has 0 aromatic heterocycles. The maximum Gasteiger partial charge on any atom is 0.244 e. The zero-order chi connectivity index (χ0) is 14.5. The molecule has 1 aliphatic rings. The van der Waals surface area contributed by atoms with Gasteiger partial charge < -0.3 is 15.0 Å². The van der Waals surface area contributed by atoms with Gasteiger partial charge in [-0.05, 0) is 54.2 Å². The first-order chi connectivity index (χ1) is 9.61. The summed E-state index contributed by atoms with van der Waals surface area (Å²) in [6, 6.07) is 5.52. The topological polar surface area (TPSA) is 41.6 Å². The van der Waals surface area contributed by atoms with Crippen LogP contribution in [0.3, 0.4) is 0 Å². The molecule has 1 heterocycles. The van der Waals surface area contributed by atoms with Crippen molar-refractivity contribution in [2.24, 2.45) is 0 Å². The smallest absolute Gasteiger partial charge is 0.244 e. The number of carbonyl (C=O) groups is 1. The molecule has 4 nitrogen and oxygen atoms in total. The fourth-order valence-electron chi connectivity index (χ4n) is 2.45. The Morgan fingerprint density at radius 1 is 1.35 bits per heavy atom. The van der Waals surface area contributed by atoms with Gasteiger partial charge >= 0.3 is 0 Å². The normalized spacial score (nSPS) is 16.6. The molecule has 1 N–H and O–H groups in total. The fraction of sp³-hybridized carbons (Fsp3) is 0.533. The number of hydrogen-bond donors (Lipinski definition) is 1. The second-order valence-electron chi connectivity index (χ2n) is 5.10. The first-order valence-electron chi connectivity index (χ1n) is 7.00. The largest absolute Gasteiger partial charge is 0.495 e. The second-order valence-corrected chi connectivity index (χ2v) is 5.96. The van der Waals surface area contributed by atoms with Crippen LogP contribution in [-0.2, 0) is 4.79 Å². The van der Waals surface area contributed by atoms with Crippen molar-refractivity contribution in [2.45, 2.75) is 32.2 Å². The molecule has 110 valence electrons. The highest BCUT2D eigenvalue weighted by atomic mass is 79.9. The van der Waals surface area contributed by atoms with E-state index in [1.165, 1.54) is 6.42 Å². The Hall–Kier alpha value is -1.23. The van der Waals surface area contributed by atoms with E-state index in [9.17, 15) is 4.79 Å². The molecule has 1 aromatic rings. The van der Waals surface area contributed by atoms with Crippen molar-refractivity contribution in [3.63, 3.8) is 0 Å². The molecular weight excluding hydrogens is 320 g/mol. The molecule has 0 spiro atoms. The number of carbonyl (C=O) groups excluding carboxylic acids is 1. The Balaban J connectivity index is 1.99. The van der Waals surface area contributed by atoms with Gasteiger partial charge in [0.1, 0.15) is 11.8 Å². The number of nitrogens with one attached hydrogen (secondary N) is 1. The van der Waals surface area contributed by atoms with Crippen LogP contribution in [0.5, 0.6) is 5.75 Å². The highest BCUT2D eigenvalue weighted by Crippen LogP contribution is 2.28. The number of benzene rings is 1. The van der Waals surface area contributed by atoms with Gasteiger partial charge in [-0.3, -0.25) is 4.79 Å². The first kappa shape index (κ1) is 15.2. The van der Waals surface area contributed by atoms with Crippen LogP contribution >= 0.6 is 15.9 Å². The summed E-state index contributed by atoms with van der Waals surface area (Å²) in [6.45, 7) is 3.68. The summed E-state index contributed by atoms with van der Waals surface area (Å²) in [6.07, 6.45) is 3.46. The van der Waals surface area contributed by atoms with E-state index in [2.05, 4.69) is 21.2 Å². The highest BCUT2D eigenvalue weighted by molar-refractivity contribution is 9.10. The van der Waals surface area contributed by atoms with Crippen molar-refractivity contribution in [3.8, 4) is 5.75 Å². The number of likely N-dealkylation sites (tertiary alicyclic amines) is 1. The van der Waals surface area contributed by atoms with Crippen LogP contribution in [0, 0.1) is 0 Å². The van der Waals surface area contributed by atoms with Crippen LogP contribution in [0.4, 0.5) is 5.69 Å². The van der Waals surface area contributed by atoms with E-state index >= 15 is 0 Å². The lowest BCUT2D eigenvalue weighted by Gasteiger charge is -2.29. The summed E-state index contributed by atoms with van der Waals surface area (Å²) in [5, 5.41) is 3.25. The molecule has 5 heteroatoms. The maximum atomic E-state index is 12.3. The van der Waals surface area contributed by atoms with Crippen LogP contribution in [-0.4, -0.2) is 37.0 Å². The van der Waals surface area contributed by atoms with E-state index < -0.39 is 0 Å². The van der Waals surface area contributed by atoms with Crippen LogP contribution < -0.4 is 10.1 Å². The number of nitrogens with zero attached hydrogens (tertiary/aromatic N) is 1. The van der Waals surface area contributed by atoms with Crippen molar-refractivity contribution in [2.75, 3.05) is 25.5 Å². The van der Waals surface area contributed by atoms with Crippen molar-refractivity contribution < 1.29 is 9.53 Å². The highest BCUT2D eigenvalue weighted by Gasteiger charge is 2.22. The zero-order valence-corrected chi connectivity index (χ0v) is 13.6. The van der Waals surface area contributed by atoms with Crippen LogP contribution in [0.25, 0.3) is 0 Å². The monoisotopic (exact) mass is 340 g/mol. The van der Waals surface area contributed by atoms with Crippen molar-refractivity contribution >= 4 is 27.5 Å². The minimum atomic E-state index is -0.223. The molecule has 0 bridgehead atoms. The van der Waals surface area contributed by atoms with E-state index in [1.54, 1.807) is 7.11 Å². The van der Waals surface area contributed by atoms with Gasteiger partial charge in [-0.1, -0.05) is 0 Å². The molecule has 0 saturated carbocycles. The SMILES string of the molecule is COc1cc(NC(C)C(=O)N2CCCCC2)ccc1Br. The summed E-state index contributed by atoms with van der Waals surface area (Å²) in [5.74, 6) is 0.930. The van der Waals surface area contributed by atoms with Crippen molar-refractivity contribution in [3.05, 3.63) is 22.7 Å². The molecular formula is C15H21BrN2O2. The molecule has 1 unspecified atom stereocenters. The molecule has 1 amide bonds. The predicted molar refractivity (Wildman–Crippen MR) is 84.2 cm³/mol. The summed E-state index contributed by atoms with van der Waals surface area (Å²) < 4.78 is 6.17. The standard InChI is InChI=1S/C15H21BrN2O2/c1-11(15(19)18-8-4-3-5-9-18)17-12-6-7-13(16)14(10-12)20-2/h6-7,10-11,17H,3-5,8-9H2,1-2H3. The molecule has 1 saturated heterocycles. The molecule has 1 aliphatic heterocycles. The Morgan fingerprint density at radius 3 is 2.70 bits per heavy atom. The minimum Gasteiger partial charge on any atom is -0.495 e. The molecule has 1 fully saturated rings. The molecule has 1 atom stereocenters. The van der Waals surface area contributed by atoms with Gasteiger partial charge in [0, 0.05) is 24.8 Å². The summed E-state index contributed by atoms with van der Waals surface area (Å²) in [4.78, 5) is 14.3. The number of piperidine rings is 1. The fourth-order valence-corrected chi connectivity index (χ4v) is 2.86. The molecule has 0 radical (unpaired) electrons. The zero-order valence-electron chi connectivity index (χ0n) is 12.0. The van der Waals surface area contributed by atoms with E-state index in [-0.39, 0.29) is 11.9 Å². The Kier molecular flexibility index (Phi) is 5.29. The van der Waals surface area contributed by atoms with E-state index in [4.69, 9.17) is 4.74 Å². The number of amides is 1. The second kappa shape index (κ2) is 6.97. The Labute approximate surface area is 128 Å². The van der Waals surface area contributed by atoms with E-state index in [1.807, 2.05) is 30.0 Å². The maximum absolute atomic E-state index is 12.3. The van der Waals surface area contributed by atoms with Gasteiger partial charge in [-0.25, -0.2) is 0 Å². The quantitative estimate of drug-likeness (QED) is 0.914. The van der Waals surface area contributed by atoms with Crippen molar-refractivity contribution in [1.82, 2.24) is 4.90 Å². The van der Waals surface area contributed by atoms with Gasteiger partial charge in [-0.15, -0.1) is 0 Å². The lowest BCUT2D eigenvalue weighted by atomic mass is 10.1. The third-order valence-corrected chi connectivity index (χ3v) is 4.23. The third kappa shape index (κ3) is 3.66. The van der Waals surface area contributed by atoms with Gasteiger partial charge in [0.05, 0.1) is 11.6 Å². The number of halogens is 1. The number of methoxy groups -OCH3 is 1. The van der Waals surface area contributed by atoms with E-state index in [0.29, 0.717) is 0 Å². The lowest BCUT2D eigenvalue weighted by molar-refractivity contribution is -0.132. The number of ether oxygens (including phenoxy) is 1. The van der Waals surface area contributed by atoms with Gasteiger partial charge in [0.25, 0.3) is 0 Å². The lowest BCUT2D eigenvalue weighted by Crippen LogP contribution is -2.43. The van der Waals surface area contributed by atoms with Crippen LogP contribution in [0.1, 0.15) is 26.2 Å². The average Bonchev–Trinajstić information content (AvgIpc) is 2.49.